The van der Waals surface area contributed by atoms with Crippen molar-refractivity contribution >= 4 is 11.3 Å². The van der Waals surface area contributed by atoms with Crippen LogP contribution in [0.15, 0.2) is 35.8 Å². The summed E-state index contributed by atoms with van der Waals surface area (Å²) in [4.78, 5) is 6.90. The van der Waals surface area contributed by atoms with Crippen LogP contribution in [0.4, 0.5) is 0 Å². The van der Waals surface area contributed by atoms with E-state index >= 15 is 0 Å². The number of nitrogens with zero attached hydrogens (tertiary/aromatic N) is 2. The predicted octanol–water partition coefficient (Wildman–Crippen LogP) is 3.76. The quantitative estimate of drug-likeness (QED) is 0.729. The van der Waals surface area contributed by atoms with E-state index in [1.807, 2.05) is 24.4 Å². The Bertz CT molecular complexity index is 632. The summed E-state index contributed by atoms with van der Waals surface area (Å²) in [6, 6.07) is 8.25. The molecular weight excluding hydrogens is 320 g/mol. The SMILES string of the molecule is CCOC[C@@]1(COc2cccs2)CCN(Cc2cccnc2C)C1. The van der Waals surface area contributed by atoms with E-state index in [1.165, 1.54) is 5.56 Å². The summed E-state index contributed by atoms with van der Waals surface area (Å²) in [5, 5.41) is 3.05. The van der Waals surface area contributed by atoms with Gasteiger partial charge in [0.1, 0.15) is 0 Å². The van der Waals surface area contributed by atoms with Gasteiger partial charge in [-0.2, -0.15) is 0 Å². The first-order valence-electron chi connectivity index (χ1n) is 8.58. The third-order valence-electron chi connectivity index (χ3n) is 4.66. The van der Waals surface area contributed by atoms with Crippen LogP contribution in [0.1, 0.15) is 24.6 Å². The molecule has 2 aromatic heterocycles. The van der Waals surface area contributed by atoms with Gasteiger partial charge in [-0.25, -0.2) is 0 Å². The van der Waals surface area contributed by atoms with Gasteiger partial charge in [0, 0.05) is 37.0 Å². The van der Waals surface area contributed by atoms with Crippen LogP contribution in [0.25, 0.3) is 0 Å². The van der Waals surface area contributed by atoms with Crippen molar-refractivity contribution in [3.05, 3.63) is 47.1 Å². The molecular formula is C19H26N2O2S. The molecule has 4 nitrogen and oxygen atoms in total. The average molecular weight is 346 g/mol. The van der Waals surface area contributed by atoms with Crippen molar-refractivity contribution in [2.45, 2.75) is 26.8 Å². The molecule has 1 aliphatic heterocycles. The van der Waals surface area contributed by atoms with Crippen LogP contribution in [0.5, 0.6) is 5.06 Å². The van der Waals surface area contributed by atoms with Gasteiger partial charge in [-0.15, -0.1) is 11.3 Å². The van der Waals surface area contributed by atoms with Gasteiger partial charge in [0.2, 0.25) is 0 Å². The van der Waals surface area contributed by atoms with Gasteiger partial charge in [-0.05, 0) is 56.0 Å². The van der Waals surface area contributed by atoms with Gasteiger partial charge in [0.15, 0.2) is 5.06 Å². The van der Waals surface area contributed by atoms with E-state index in [0.29, 0.717) is 0 Å². The van der Waals surface area contributed by atoms with Crippen LogP contribution in [0.2, 0.25) is 0 Å². The van der Waals surface area contributed by atoms with Gasteiger partial charge in [-0.3, -0.25) is 9.88 Å². The smallest absolute Gasteiger partial charge is 0.173 e. The number of rotatable bonds is 8. The van der Waals surface area contributed by atoms with Crippen LogP contribution in [0, 0.1) is 12.3 Å². The number of hydrogen-bond donors (Lipinski definition) is 0. The molecule has 1 saturated heterocycles. The number of ether oxygens (including phenoxy) is 2. The molecule has 0 saturated carbocycles. The van der Waals surface area contributed by atoms with E-state index in [0.717, 1.165) is 56.6 Å². The number of hydrogen-bond acceptors (Lipinski definition) is 5. The molecule has 0 unspecified atom stereocenters. The molecule has 0 radical (unpaired) electrons. The lowest BCUT2D eigenvalue weighted by atomic mass is 9.89. The molecule has 1 aliphatic rings. The molecule has 5 heteroatoms. The van der Waals surface area contributed by atoms with Crippen LogP contribution in [0.3, 0.4) is 0 Å². The third-order valence-corrected chi connectivity index (χ3v) is 5.44. The molecule has 3 rings (SSSR count). The van der Waals surface area contributed by atoms with E-state index in [2.05, 4.69) is 35.2 Å². The van der Waals surface area contributed by atoms with E-state index in [-0.39, 0.29) is 5.41 Å². The number of aromatic nitrogens is 1. The first-order chi connectivity index (χ1) is 11.7. The Morgan fingerprint density at radius 1 is 1.29 bits per heavy atom. The van der Waals surface area contributed by atoms with E-state index in [9.17, 15) is 0 Å². The van der Waals surface area contributed by atoms with Crippen molar-refractivity contribution in [3.8, 4) is 5.06 Å². The maximum atomic E-state index is 6.05. The Labute approximate surface area is 148 Å². The van der Waals surface area contributed by atoms with Gasteiger partial charge in [-0.1, -0.05) is 6.07 Å². The van der Waals surface area contributed by atoms with E-state index in [4.69, 9.17) is 9.47 Å². The second-order valence-electron chi connectivity index (χ2n) is 6.57. The molecule has 0 aliphatic carbocycles. The van der Waals surface area contributed by atoms with Gasteiger partial charge >= 0.3 is 0 Å². The fourth-order valence-corrected chi connectivity index (χ4v) is 3.83. The summed E-state index contributed by atoms with van der Waals surface area (Å²) in [6.45, 7) is 9.41. The normalized spacial score (nSPS) is 21.2. The standard InChI is InChI=1S/C19H26N2O2S/c1-3-22-14-19(15-23-18-7-5-11-24-18)8-10-21(13-19)12-17-6-4-9-20-16(17)2/h4-7,9,11H,3,8,10,12-15H2,1-2H3/t19-/m1/s1. The fraction of sp³-hybridized carbons (Fsp3) is 0.526. The summed E-state index contributed by atoms with van der Waals surface area (Å²) in [6.07, 6.45) is 2.97. The van der Waals surface area contributed by atoms with Gasteiger partial charge < -0.3 is 9.47 Å². The Morgan fingerprint density at radius 2 is 2.21 bits per heavy atom. The minimum absolute atomic E-state index is 0.0795. The zero-order valence-corrected chi connectivity index (χ0v) is 15.3. The number of likely N-dealkylation sites (tertiary alicyclic amines) is 1. The molecule has 1 fully saturated rings. The lowest BCUT2D eigenvalue weighted by Crippen LogP contribution is -2.37. The highest BCUT2D eigenvalue weighted by atomic mass is 32.1. The van der Waals surface area contributed by atoms with Gasteiger partial charge in [0.25, 0.3) is 0 Å². The maximum Gasteiger partial charge on any atom is 0.173 e. The summed E-state index contributed by atoms with van der Waals surface area (Å²) in [5.74, 6) is 0. The molecule has 0 spiro atoms. The molecule has 0 N–H and O–H groups in total. The largest absolute Gasteiger partial charge is 0.483 e. The van der Waals surface area contributed by atoms with Crippen LogP contribution in [-0.2, 0) is 11.3 Å². The molecule has 3 heterocycles. The van der Waals surface area contributed by atoms with Crippen molar-refractivity contribution in [2.24, 2.45) is 5.41 Å². The third kappa shape index (κ3) is 4.35. The Kier molecular flexibility index (Phi) is 5.87. The molecule has 0 bridgehead atoms. The van der Waals surface area contributed by atoms with Crippen LogP contribution in [-0.4, -0.2) is 42.8 Å². The Balaban J connectivity index is 1.63. The van der Waals surface area contributed by atoms with Crippen molar-refractivity contribution in [1.82, 2.24) is 9.88 Å². The second kappa shape index (κ2) is 8.10. The highest BCUT2D eigenvalue weighted by molar-refractivity contribution is 7.11. The highest BCUT2D eigenvalue weighted by Crippen LogP contribution is 2.33. The maximum absolute atomic E-state index is 6.05. The molecule has 2 aromatic rings. The van der Waals surface area contributed by atoms with Crippen molar-refractivity contribution in [2.75, 3.05) is 32.9 Å². The molecule has 0 aromatic carbocycles. The average Bonchev–Trinajstić information content (AvgIpc) is 3.24. The monoisotopic (exact) mass is 346 g/mol. The first-order valence-corrected chi connectivity index (χ1v) is 9.46. The summed E-state index contributed by atoms with van der Waals surface area (Å²) < 4.78 is 11.8. The molecule has 24 heavy (non-hydrogen) atoms. The number of aryl methyl sites for hydroxylation is 1. The van der Waals surface area contributed by atoms with Crippen LogP contribution < -0.4 is 4.74 Å². The minimum Gasteiger partial charge on any atom is -0.483 e. The first kappa shape index (κ1) is 17.4. The summed E-state index contributed by atoms with van der Waals surface area (Å²) in [5.41, 5.74) is 2.51. The van der Waals surface area contributed by atoms with E-state index in [1.54, 1.807) is 11.3 Å². The summed E-state index contributed by atoms with van der Waals surface area (Å²) in [7, 11) is 0. The predicted molar refractivity (Wildman–Crippen MR) is 97.6 cm³/mol. The number of thiophene rings is 1. The topological polar surface area (TPSA) is 34.6 Å². The lowest BCUT2D eigenvalue weighted by Gasteiger charge is -2.29. The van der Waals surface area contributed by atoms with Crippen molar-refractivity contribution in [1.29, 1.82) is 0 Å². The number of pyridine rings is 1. The lowest BCUT2D eigenvalue weighted by molar-refractivity contribution is 0.0243. The van der Waals surface area contributed by atoms with Crippen molar-refractivity contribution < 1.29 is 9.47 Å². The van der Waals surface area contributed by atoms with Gasteiger partial charge in [0.05, 0.1) is 13.2 Å². The molecule has 0 amide bonds. The Hall–Kier alpha value is -1.43. The summed E-state index contributed by atoms with van der Waals surface area (Å²) >= 11 is 1.65. The Morgan fingerprint density at radius 3 is 2.96 bits per heavy atom. The molecule has 130 valence electrons. The minimum atomic E-state index is 0.0795. The highest BCUT2D eigenvalue weighted by Gasteiger charge is 2.39. The van der Waals surface area contributed by atoms with E-state index < -0.39 is 0 Å². The zero-order chi connectivity index (χ0) is 16.8. The zero-order valence-electron chi connectivity index (χ0n) is 14.5. The molecule has 1 atom stereocenters. The second-order valence-corrected chi connectivity index (χ2v) is 7.48. The van der Waals surface area contributed by atoms with Crippen molar-refractivity contribution in [3.63, 3.8) is 0 Å². The van der Waals surface area contributed by atoms with Crippen LogP contribution >= 0.6 is 11.3 Å². The fourth-order valence-electron chi connectivity index (χ4n) is 3.25.